The molecule has 0 spiro atoms. The van der Waals surface area contributed by atoms with Crippen LogP contribution in [0.4, 0.5) is 0 Å². The number of carbonyl (C=O) groups excluding carboxylic acids is 1. The summed E-state index contributed by atoms with van der Waals surface area (Å²) in [5, 5.41) is 19.9. The van der Waals surface area contributed by atoms with Gasteiger partial charge in [-0.3, -0.25) is 4.79 Å². The minimum Gasteiger partial charge on any atom is -0.478 e. The fourth-order valence-electron chi connectivity index (χ4n) is 4.05. The SMILES string of the molecule is C=C(C(=O)O)[C@H]1CCC(=C)[C@@H]2[C@H](OC(C)=O)C[C@@](C)(O)[C@H]2C1. The quantitative estimate of drug-likeness (QED) is 0.475. The van der Waals surface area contributed by atoms with Crippen LogP contribution in [0.3, 0.4) is 0 Å². The highest BCUT2D eigenvalue weighted by Crippen LogP contribution is 2.52. The number of rotatable bonds is 3. The summed E-state index contributed by atoms with van der Waals surface area (Å²) in [5.41, 5.74) is 0.102. The number of fused-ring (bicyclic) bond motifs is 1. The molecular weight excluding hydrogens is 284 g/mol. The minimum atomic E-state index is -1.00. The van der Waals surface area contributed by atoms with Crippen molar-refractivity contribution in [2.45, 2.75) is 51.2 Å². The van der Waals surface area contributed by atoms with Crippen molar-refractivity contribution in [3.05, 3.63) is 24.3 Å². The van der Waals surface area contributed by atoms with Gasteiger partial charge in [0, 0.05) is 24.8 Å². The van der Waals surface area contributed by atoms with E-state index in [-0.39, 0.29) is 35.4 Å². The van der Waals surface area contributed by atoms with Crippen LogP contribution in [0.25, 0.3) is 0 Å². The molecule has 5 atom stereocenters. The largest absolute Gasteiger partial charge is 0.478 e. The first-order valence-electron chi connectivity index (χ1n) is 7.63. The molecule has 0 aromatic heterocycles. The third kappa shape index (κ3) is 3.09. The summed E-state index contributed by atoms with van der Waals surface area (Å²) in [4.78, 5) is 22.5. The van der Waals surface area contributed by atoms with Crippen molar-refractivity contribution in [2.75, 3.05) is 0 Å². The van der Waals surface area contributed by atoms with Crippen molar-refractivity contribution in [2.24, 2.45) is 17.8 Å². The van der Waals surface area contributed by atoms with Crippen LogP contribution >= 0.6 is 0 Å². The van der Waals surface area contributed by atoms with Crippen molar-refractivity contribution < 1.29 is 24.5 Å². The number of carboxylic acids is 1. The number of aliphatic carboxylic acids is 1. The Hall–Kier alpha value is -1.62. The number of aliphatic hydroxyl groups is 1. The fraction of sp³-hybridized carbons (Fsp3) is 0.647. The lowest BCUT2D eigenvalue weighted by Crippen LogP contribution is -2.33. The number of carbonyl (C=O) groups is 2. The van der Waals surface area contributed by atoms with Gasteiger partial charge in [-0.2, -0.15) is 0 Å². The molecule has 2 rings (SSSR count). The summed E-state index contributed by atoms with van der Waals surface area (Å²) in [7, 11) is 0. The van der Waals surface area contributed by atoms with E-state index in [0.717, 1.165) is 5.57 Å². The first-order valence-corrected chi connectivity index (χ1v) is 7.63. The van der Waals surface area contributed by atoms with Gasteiger partial charge in [-0.1, -0.05) is 18.7 Å². The van der Waals surface area contributed by atoms with Crippen molar-refractivity contribution in [1.82, 2.24) is 0 Å². The molecule has 22 heavy (non-hydrogen) atoms. The minimum absolute atomic E-state index is 0.120. The molecule has 5 heteroatoms. The van der Waals surface area contributed by atoms with Crippen LogP contribution in [0, 0.1) is 17.8 Å². The molecule has 0 saturated heterocycles. The van der Waals surface area contributed by atoms with Gasteiger partial charge in [0.1, 0.15) is 6.10 Å². The Morgan fingerprint density at radius 2 is 2.05 bits per heavy atom. The number of esters is 1. The summed E-state index contributed by atoms with van der Waals surface area (Å²) >= 11 is 0. The molecule has 0 heterocycles. The Kier molecular flexibility index (Phi) is 4.47. The van der Waals surface area contributed by atoms with Crippen LogP contribution in [0.2, 0.25) is 0 Å². The van der Waals surface area contributed by atoms with Gasteiger partial charge in [-0.15, -0.1) is 0 Å². The molecule has 0 aromatic rings. The van der Waals surface area contributed by atoms with E-state index in [1.165, 1.54) is 6.92 Å². The van der Waals surface area contributed by atoms with Crippen LogP contribution in [0.5, 0.6) is 0 Å². The molecule has 0 aromatic carbocycles. The first kappa shape index (κ1) is 16.7. The van der Waals surface area contributed by atoms with Crippen LogP contribution in [-0.2, 0) is 14.3 Å². The maximum absolute atomic E-state index is 11.3. The lowest BCUT2D eigenvalue weighted by atomic mass is 9.78. The Morgan fingerprint density at radius 3 is 2.59 bits per heavy atom. The summed E-state index contributed by atoms with van der Waals surface area (Å²) < 4.78 is 5.39. The van der Waals surface area contributed by atoms with Gasteiger partial charge >= 0.3 is 11.9 Å². The summed E-state index contributed by atoms with van der Waals surface area (Å²) in [5.74, 6) is -1.85. The van der Waals surface area contributed by atoms with E-state index in [1.54, 1.807) is 6.92 Å². The number of hydrogen-bond acceptors (Lipinski definition) is 4. The Labute approximate surface area is 130 Å². The molecule has 0 bridgehead atoms. The molecule has 0 unspecified atom stereocenters. The fourth-order valence-corrected chi connectivity index (χ4v) is 4.05. The van der Waals surface area contributed by atoms with Crippen molar-refractivity contribution in [3.8, 4) is 0 Å². The Balaban J connectivity index is 2.29. The van der Waals surface area contributed by atoms with Crippen LogP contribution in [-0.4, -0.2) is 33.9 Å². The molecule has 2 fully saturated rings. The normalized spacial score (nSPS) is 38.0. The third-order valence-electron chi connectivity index (χ3n) is 5.16. The predicted molar refractivity (Wildman–Crippen MR) is 81.0 cm³/mol. The van der Waals surface area contributed by atoms with E-state index in [0.29, 0.717) is 25.7 Å². The van der Waals surface area contributed by atoms with Crippen molar-refractivity contribution >= 4 is 11.9 Å². The van der Waals surface area contributed by atoms with E-state index >= 15 is 0 Å². The zero-order valence-electron chi connectivity index (χ0n) is 13.2. The lowest BCUT2D eigenvalue weighted by Gasteiger charge is -2.30. The standard InChI is InChI=1S/C17H24O5/c1-9-5-6-12(10(2)16(19)20)7-13-15(9)14(22-11(3)18)8-17(13,4)21/h12-15,21H,1-2,5-8H2,3-4H3,(H,19,20)/t12-,13-,14+,15-,17+/m0/s1. The molecule has 2 aliphatic carbocycles. The van der Waals surface area contributed by atoms with Gasteiger partial charge in [-0.25, -0.2) is 4.79 Å². The zero-order valence-corrected chi connectivity index (χ0v) is 13.2. The van der Waals surface area contributed by atoms with Crippen molar-refractivity contribution in [1.29, 1.82) is 0 Å². The molecule has 5 nitrogen and oxygen atoms in total. The number of carboxylic acid groups (broad SMARTS) is 1. The van der Waals surface area contributed by atoms with Crippen LogP contribution < -0.4 is 0 Å². The Bertz CT molecular complexity index is 519. The number of hydrogen-bond donors (Lipinski definition) is 2. The monoisotopic (exact) mass is 308 g/mol. The molecule has 0 aliphatic heterocycles. The van der Waals surface area contributed by atoms with Crippen molar-refractivity contribution in [3.63, 3.8) is 0 Å². The van der Waals surface area contributed by atoms with E-state index in [4.69, 9.17) is 4.74 Å². The molecule has 122 valence electrons. The molecule has 2 aliphatic rings. The molecule has 2 N–H and O–H groups in total. The topological polar surface area (TPSA) is 83.8 Å². The molecule has 0 radical (unpaired) electrons. The highest BCUT2D eigenvalue weighted by Gasteiger charge is 2.53. The lowest BCUT2D eigenvalue weighted by molar-refractivity contribution is -0.148. The summed E-state index contributed by atoms with van der Waals surface area (Å²) in [6.45, 7) is 10.9. The smallest absolute Gasteiger partial charge is 0.331 e. The second-order valence-electron chi connectivity index (χ2n) is 6.80. The van der Waals surface area contributed by atoms with Crippen LogP contribution in [0.1, 0.15) is 39.5 Å². The maximum atomic E-state index is 11.3. The predicted octanol–water partition coefficient (Wildman–Crippen LogP) is 2.30. The van der Waals surface area contributed by atoms with Gasteiger partial charge in [0.15, 0.2) is 0 Å². The second-order valence-corrected chi connectivity index (χ2v) is 6.80. The molecular formula is C17H24O5. The summed E-state index contributed by atoms with van der Waals surface area (Å²) in [6, 6.07) is 0. The third-order valence-corrected chi connectivity index (χ3v) is 5.16. The molecule has 0 amide bonds. The van der Waals surface area contributed by atoms with E-state index in [2.05, 4.69) is 13.2 Å². The average molecular weight is 308 g/mol. The molecule has 2 saturated carbocycles. The number of ether oxygens (including phenoxy) is 1. The maximum Gasteiger partial charge on any atom is 0.331 e. The van der Waals surface area contributed by atoms with Gasteiger partial charge in [0.05, 0.1) is 5.60 Å². The first-order chi connectivity index (χ1) is 10.1. The highest BCUT2D eigenvalue weighted by molar-refractivity contribution is 5.86. The second kappa shape index (κ2) is 5.88. The highest BCUT2D eigenvalue weighted by atomic mass is 16.5. The van der Waals surface area contributed by atoms with E-state index < -0.39 is 11.6 Å². The van der Waals surface area contributed by atoms with Gasteiger partial charge in [0.2, 0.25) is 0 Å². The van der Waals surface area contributed by atoms with Gasteiger partial charge in [-0.05, 0) is 38.0 Å². The van der Waals surface area contributed by atoms with Gasteiger partial charge in [0.25, 0.3) is 0 Å². The van der Waals surface area contributed by atoms with E-state index in [1.807, 2.05) is 0 Å². The Morgan fingerprint density at radius 1 is 1.41 bits per heavy atom. The van der Waals surface area contributed by atoms with E-state index in [9.17, 15) is 19.8 Å². The van der Waals surface area contributed by atoms with Crippen LogP contribution in [0.15, 0.2) is 24.3 Å². The zero-order chi connectivity index (χ0) is 16.7. The van der Waals surface area contributed by atoms with Gasteiger partial charge < -0.3 is 14.9 Å². The summed E-state index contributed by atoms with van der Waals surface area (Å²) in [6.07, 6.45) is 1.81. The average Bonchev–Trinajstić information content (AvgIpc) is 2.54.